The van der Waals surface area contributed by atoms with Crippen LogP contribution in [0.3, 0.4) is 0 Å². The normalized spacial score (nSPS) is 16.5. The average Bonchev–Trinajstić information content (AvgIpc) is 3.73. The number of hydrogen-bond donors (Lipinski definition) is 8. The van der Waals surface area contributed by atoms with Crippen molar-refractivity contribution in [1.82, 2.24) is 46.8 Å². The number of aryl methyl sites for hydroxylation is 1. The summed E-state index contributed by atoms with van der Waals surface area (Å²) in [5.74, 6) is -5.02. The van der Waals surface area contributed by atoms with Crippen molar-refractivity contribution in [3.8, 4) is 11.4 Å². The van der Waals surface area contributed by atoms with Crippen molar-refractivity contribution in [2.45, 2.75) is 103 Å². The largest absolute Gasteiger partial charge is 0.458 e. The number of carbonyl (C=O) groups excluding carboxylic acids is 8. The fourth-order valence-electron chi connectivity index (χ4n) is 9.23. The van der Waals surface area contributed by atoms with Crippen LogP contribution in [0.25, 0.3) is 22.3 Å². The number of esters is 1. The van der Waals surface area contributed by atoms with Gasteiger partial charge in [0.05, 0.1) is 54.7 Å². The van der Waals surface area contributed by atoms with E-state index in [-0.39, 0.29) is 61.9 Å². The fourth-order valence-corrected chi connectivity index (χ4v) is 9.23. The maximum atomic E-state index is 15.3. The number of fused-ring (bicyclic) bond motifs is 5. The number of nitrogens with one attached hydrogen (secondary N) is 7. The molecular formula is C50H58FN9O12. The number of ether oxygens (including phenoxy) is 2. The van der Waals surface area contributed by atoms with E-state index in [1.54, 1.807) is 50.2 Å². The van der Waals surface area contributed by atoms with Gasteiger partial charge in [-0.1, -0.05) is 43.7 Å². The van der Waals surface area contributed by atoms with E-state index < -0.39 is 91.0 Å². The Bertz CT molecular complexity index is 2870. The third-order valence-electron chi connectivity index (χ3n) is 13.0. The Morgan fingerprint density at radius 2 is 1.61 bits per heavy atom. The molecule has 8 N–H and O–H groups in total. The first-order valence-electron chi connectivity index (χ1n) is 23.8. The first-order valence-corrected chi connectivity index (χ1v) is 23.8. The van der Waals surface area contributed by atoms with Gasteiger partial charge >= 0.3 is 5.97 Å². The number of hydrogen-bond acceptors (Lipinski definition) is 13. The summed E-state index contributed by atoms with van der Waals surface area (Å²) in [4.78, 5) is 119. The number of aromatic nitrogens is 2. The predicted octanol–water partition coefficient (Wildman–Crippen LogP) is 0.494. The summed E-state index contributed by atoms with van der Waals surface area (Å²) in [6, 6.07) is 9.91. The lowest BCUT2D eigenvalue weighted by atomic mass is 9.81. The second-order valence-electron chi connectivity index (χ2n) is 17.9. The molecule has 0 bridgehead atoms. The number of nitrogens with zero attached hydrogens (tertiary/aromatic N) is 2. The molecule has 3 aliphatic rings. The number of amides is 7. The second-order valence-corrected chi connectivity index (χ2v) is 17.9. The van der Waals surface area contributed by atoms with Crippen molar-refractivity contribution in [2.24, 2.45) is 0 Å². The van der Waals surface area contributed by atoms with Crippen LogP contribution >= 0.6 is 0 Å². The van der Waals surface area contributed by atoms with Gasteiger partial charge in [-0.15, -0.1) is 0 Å². The molecular weight excluding hydrogens is 938 g/mol. The first-order chi connectivity index (χ1) is 34.5. The van der Waals surface area contributed by atoms with Crippen molar-refractivity contribution in [1.29, 1.82) is 0 Å². The van der Waals surface area contributed by atoms with Crippen molar-refractivity contribution >= 4 is 58.2 Å². The molecule has 0 saturated carbocycles. The molecule has 0 unspecified atom stereocenters. The molecule has 1 aliphatic carbocycles. The third kappa shape index (κ3) is 11.9. The number of benzene rings is 2. The molecule has 2 aliphatic heterocycles. The van der Waals surface area contributed by atoms with Crippen molar-refractivity contribution in [2.75, 3.05) is 39.5 Å². The Labute approximate surface area is 412 Å². The molecule has 2 aromatic heterocycles. The number of halogens is 1. The number of rotatable bonds is 22. The highest BCUT2D eigenvalue weighted by molar-refractivity contribution is 5.95. The predicted molar refractivity (Wildman–Crippen MR) is 256 cm³/mol. The zero-order valence-electron chi connectivity index (χ0n) is 40.2. The summed E-state index contributed by atoms with van der Waals surface area (Å²) < 4.78 is 27.5. The number of pyridine rings is 2. The van der Waals surface area contributed by atoms with Gasteiger partial charge in [0, 0.05) is 48.9 Å². The number of unbranched alkanes of at least 4 members (excludes halogenated alkanes) is 2. The van der Waals surface area contributed by atoms with E-state index in [1.807, 2.05) is 0 Å². The van der Waals surface area contributed by atoms with E-state index in [0.29, 0.717) is 83.2 Å². The van der Waals surface area contributed by atoms with Crippen LogP contribution in [0, 0.1) is 12.7 Å². The molecule has 2 aromatic carbocycles. The van der Waals surface area contributed by atoms with Gasteiger partial charge in [0.15, 0.2) is 5.60 Å². The van der Waals surface area contributed by atoms with Crippen LogP contribution in [0.2, 0.25) is 0 Å². The molecule has 7 rings (SSSR count). The van der Waals surface area contributed by atoms with E-state index in [2.05, 4.69) is 37.2 Å². The minimum atomic E-state index is -2.05. The van der Waals surface area contributed by atoms with Gasteiger partial charge in [-0.05, 0) is 67.3 Å². The molecule has 4 heterocycles. The lowest BCUT2D eigenvalue weighted by Gasteiger charge is -2.31. The highest BCUT2D eigenvalue weighted by Crippen LogP contribution is 2.46. The van der Waals surface area contributed by atoms with Crippen LogP contribution in [0.15, 0.2) is 47.3 Å². The first kappa shape index (κ1) is 52.2. The molecule has 22 heteroatoms. The smallest absolute Gasteiger partial charge is 0.343 e. The summed E-state index contributed by atoms with van der Waals surface area (Å²) >= 11 is 0. The van der Waals surface area contributed by atoms with Crippen LogP contribution in [0.4, 0.5) is 4.39 Å². The lowest BCUT2D eigenvalue weighted by Crippen LogP contribution is -2.52. The van der Waals surface area contributed by atoms with Crippen LogP contribution in [0.1, 0.15) is 97.4 Å². The summed E-state index contributed by atoms with van der Waals surface area (Å²) in [7, 11) is 0. The maximum Gasteiger partial charge on any atom is 0.343 e. The van der Waals surface area contributed by atoms with Gasteiger partial charge in [-0.2, -0.15) is 0 Å². The molecule has 72 heavy (non-hydrogen) atoms. The van der Waals surface area contributed by atoms with Gasteiger partial charge < -0.3 is 56.4 Å². The van der Waals surface area contributed by atoms with Gasteiger partial charge in [0.25, 0.3) is 5.56 Å². The van der Waals surface area contributed by atoms with E-state index in [1.165, 1.54) is 17.6 Å². The summed E-state index contributed by atoms with van der Waals surface area (Å²) in [5.41, 5.74) is 1.91. The zero-order valence-corrected chi connectivity index (χ0v) is 40.2. The maximum absolute atomic E-state index is 15.3. The summed E-state index contributed by atoms with van der Waals surface area (Å²) in [6.07, 6.45) is 2.97. The molecule has 3 atom stereocenters. The zero-order chi connectivity index (χ0) is 51.7. The van der Waals surface area contributed by atoms with Gasteiger partial charge in [-0.3, -0.25) is 38.4 Å². The topological polar surface area (TPSA) is 294 Å². The van der Waals surface area contributed by atoms with E-state index in [4.69, 9.17) is 14.5 Å². The molecule has 382 valence electrons. The Balaban J connectivity index is 0.905. The molecule has 0 spiro atoms. The lowest BCUT2D eigenvalue weighted by molar-refractivity contribution is -0.172. The van der Waals surface area contributed by atoms with E-state index in [0.717, 1.165) is 5.56 Å². The standard InChI is InChI=1S/C50H58FN9O12/c1-4-50(70)33-18-38-46-31(23-60(38)48(68)32(33)24-72-49(50)69)45-35(15-14-30-27(2)34(51)19-36(59-46)44(30)45)57-43(66)25-71-26-56-41(64)21-55-47(67)37(17-29-11-7-5-8-12-29)58-42(65)22-54-40(63)20-53-39(62)13-9-6-10-16-52-28(3)61/h5,7-8,11-12,18-19,35,37,70H,4,6,9-10,13-17,20-26H2,1-3H3,(H,52,61)(H,53,62)(H,54,63)(H,55,67)(H,56,64)(H,57,66)(H,58,65)/t35-,37-,50-/m0/s1. The van der Waals surface area contributed by atoms with Crippen molar-refractivity contribution < 1.29 is 57.3 Å². The Morgan fingerprint density at radius 3 is 2.36 bits per heavy atom. The molecule has 0 radical (unpaired) electrons. The van der Waals surface area contributed by atoms with Gasteiger partial charge in [0.2, 0.25) is 41.4 Å². The quantitative estimate of drug-likeness (QED) is 0.0267. The Morgan fingerprint density at radius 1 is 0.889 bits per heavy atom. The monoisotopic (exact) mass is 995 g/mol. The highest BCUT2D eigenvalue weighted by Gasteiger charge is 2.46. The van der Waals surface area contributed by atoms with E-state index >= 15 is 4.39 Å². The second kappa shape index (κ2) is 23.1. The SMILES string of the molecule is CC[C@@]1(O)C(=O)OCc2c1cc1n(c2=O)Cc2c-1nc1cc(F)c(C)c3c1c2[C@@H](NC(=O)COCNC(=O)CNC(=O)[C@H](Cc1ccccc1)NC(=O)CNC(=O)CNC(=O)CCCCCNC(C)=O)CC3. The van der Waals surface area contributed by atoms with E-state index in [9.17, 15) is 48.3 Å². The number of carbonyl (C=O) groups is 8. The van der Waals surface area contributed by atoms with Gasteiger partial charge in [-0.25, -0.2) is 14.2 Å². The van der Waals surface area contributed by atoms with Crippen LogP contribution in [-0.2, 0) is 79.4 Å². The molecule has 0 saturated heterocycles. The number of aliphatic hydroxyl groups is 1. The van der Waals surface area contributed by atoms with Crippen LogP contribution in [0.5, 0.6) is 0 Å². The Hall–Kier alpha value is -7.59. The van der Waals surface area contributed by atoms with Crippen molar-refractivity contribution in [3.63, 3.8) is 0 Å². The summed E-state index contributed by atoms with van der Waals surface area (Å²) in [6.45, 7) is 2.70. The molecule has 7 amide bonds. The van der Waals surface area contributed by atoms with Crippen LogP contribution in [-0.4, -0.2) is 108 Å². The average molecular weight is 996 g/mol. The van der Waals surface area contributed by atoms with Crippen molar-refractivity contribution in [3.05, 3.63) is 97.6 Å². The minimum absolute atomic E-state index is 0.0460. The summed E-state index contributed by atoms with van der Waals surface area (Å²) in [5, 5.41) is 30.1. The minimum Gasteiger partial charge on any atom is -0.458 e. The van der Waals surface area contributed by atoms with Crippen LogP contribution < -0.4 is 42.8 Å². The molecule has 4 aromatic rings. The highest BCUT2D eigenvalue weighted by atomic mass is 19.1. The fraction of sp³-hybridized carbons (Fsp3) is 0.440. The molecule has 21 nitrogen and oxygen atoms in total. The number of cyclic esters (lactones) is 1. The van der Waals surface area contributed by atoms with Gasteiger partial charge in [0.1, 0.15) is 31.8 Å². The molecule has 0 fully saturated rings. The third-order valence-corrected chi connectivity index (χ3v) is 13.0. The Kier molecular flexibility index (Phi) is 16.8.